The smallest absolute Gasteiger partial charge is 0.00549 e. The third-order valence-corrected chi connectivity index (χ3v) is 4.02. The molecule has 1 fully saturated rings. The Morgan fingerprint density at radius 3 is 1.91 bits per heavy atom. The summed E-state index contributed by atoms with van der Waals surface area (Å²) in [4.78, 5) is 0. The minimum atomic E-state index is 0.817. The standard InChI is InChI=1S/C10H20S/c1-7(2)11-10-5-8(3)9(4)6-10/h7-10H,5-6H2,1-4H3. The van der Waals surface area contributed by atoms with Crippen LogP contribution in [0.3, 0.4) is 0 Å². The zero-order valence-corrected chi connectivity index (χ0v) is 8.95. The normalized spacial score (nSPS) is 38.5. The van der Waals surface area contributed by atoms with Crippen molar-refractivity contribution in [1.82, 2.24) is 0 Å². The summed E-state index contributed by atoms with van der Waals surface area (Å²) in [6.45, 7) is 9.40. The molecule has 0 N–H and O–H groups in total. The molecule has 0 aromatic carbocycles. The molecule has 0 heterocycles. The van der Waals surface area contributed by atoms with E-state index in [1.165, 1.54) is 12.8 Å². The Labute approximate surface area is 75.1 Å². The minimum Gasteiger partial charge on any atom is -0.156 e. The van der Waals surface area contributed by atoms with Crippen LogP contribution in [0.2, 0.25) is 0 Å². The predicted octanol–water partition coefficient (Wildman–Crippen LogP) is 3.56. The molecule has 1 aliphatic rings. The van der Waals surface area contributed by atoms with E-state index in [0.717, 1.165) is 22.3 Å². The van der Waals surface area contributed by atoms with Crippen LogP contribution in [-0.4, -0.2) is 10.5 Å². The molecule has 0 radical (unpaired) electrons. The molecule has 1 heteroatoms. The van der Waals surface area contributed by atoms with E-state index in [0.29, 0.717) is 0 Å². The molecule has 66 valence electrons. The van der Waals surface area contributed by atoms with Gasteiger partial charge in [0.1, 0.15) is 0 Å². The largest absolute Gasteiger partial charge is 0.156 e. The lowest BCUT2D eigenvalue weighted by Gasteiger charge is -2.11. The SMILES string of the molecule is CC(C)SC1CC(C)C(C)C1. The zero-order chi connectivity index (χ0) is 8.43. The highest BCUT2D eigenvalue weighted by Gasteiger charge is 2.28. The first kappa shape index (κ1) is 9.44. The van der Waals surface area contributed by atoms with E-state index in [9.17, 15) is 0 Å². The van der Waals surface area contributed by atoms with Gasteiger partial charge in [0.15, 0.2) is 0 Å². The van der Waals surface area contributed by atoms with Crippen LogP contribution in [-0.2, 0) is 0 Å². The Morgan fingerprint density at radius 1 is 1.09 bits per heavy atom. The van der Waals surface area contributed by atoms with Gasteiger partial charge in [-0.05, 0) is 29.9 Å². The maximum Gasteiger partial charge on any atom is 0.00549 e. The lowest BCUT2D eigenvalue weighted by atomic mass is 10.0. The summed E-state index contributed by atoms with van der Waals surface area (Å²) in [7, 11) is 0. The van der Waals surface area contributed by atoms with Crippen molar-refractivity contribution in [3.63, 3.8) is 0 Å². The number of hydrogen-bond acceptors (Lipinski definition) is 1. The van der Waals surface area contributed by atoms with Gasteiger partial charge in [-0.2, -0.15) is 11.8 Å². The van der Waals surface area contributed by atoms with Crippen molar-refractivity contribution >= 4 is 11.8 Å². The monoisotopic (exact) mass is 172 g/mol. The summed E-state index contributed by atoms with van der Waals surface area (Å²) < 4.78 is 0. The van der Waals surface area contributed by atoms with Gasteiger partial charge in [0.25, 0.3) is 0 Å². The second-order valence-corrected chi connectivity index (χ2v) is 6.11. The van der Waals surface area contributed by atoms with Crippen molar-refractivity contribution in [2.24, 2.45) is 11.8 Å². The average molecular weight is 172 g/mol. The Balaban J connectivity index is 2.29. The molecular formula is C10H20S. The number of hydrogen-bond donors (Lipinski definition) is 0. The Hall–Kier alpha value is 0.350. The average Bonchev–Trinajstić information content (AvgIpc) is 2.10. The van der Waals surface area contributed by atoms with Crippen molar-refractivity contribution in [3.05, 3.63) is 0 Å². The number of rotatable bonds is 2. The third-order valence-electron chi connectivity index (χ3n) is 2.71. The van der Waals surface area contributed by atoms with Crippen molar-refractivity contribution in [2.75, 3.05) is 0 Å². The fourth-order valence-electron chi connectivity index (χ4n) is 1.89. The molecular weight excluding hydrogens is 152 g/mol. The van der Waals surface area contributed by atoms with Gasteiger partial charge in [-0.3, -0.25) is 0 Å². The molecule has 0 spiro atoms. The molecule has 11 heavy (non-hydrogen) atoms. The molecule has 0 aromatic heterocycles. The van der Waals surface area contributed by atoms with Gasteiger partial charge in [0.05, 0.1) is 0 Å². The molecule has 0 amide bonds. The highest BCUT2D eigenvalue weighted by Crippen LogP contribution is 2.39. The quantitative estimate of drug-likeness (QED) is 0.613. The summed E-state index contributed by atoms with van der Waals surface area (Å²) in [6.07, 6.45) is 2.90. The lowest BCUT2D eigenvalue weighted by molar-refractivity contribution is 0.457. The van der Waals surface area contributed by atoms with Gasteiger partial charge in [0, 0.05) is 5.25 Å². The van der Waals surface area contributed by atoms with Crippen molar-refractivity contribution in [3.8, 4) is 0 Å². The predicted molar refractivity (Wildman–Crippen MR) is 54.1 cm³/mol. The second kappa shape index (κ2) is 3.84. The van der Waals surface area contributed by atoms with Crippen LogP contribution in [0.15, 0.2) is 0 Å². The van der Waals surface area contributed by atoms with Crippen molar-refractivity contribution < 1.29 is 0 Å². The van der Waals surface area contributed by atoms with Gasteiger partial charge in [-0.1, -0.05) is 27.7 Å². The van der Waals surface area contributed by atoms with Gasteiger partial charge < -0.3 is 0 Å². The summed E-state index contributed by atoms with van der Waals surface area (Å²) in [5, 5.41) is 1.78. The maximum absolute atomic E-state index is 2.39. The van der Waals surface area contributed by atoms with E-state index in [2.05, 4.69) is 39.5 Å². The van der Waals surface area contributed by atoms with Crippen LogP contribution in [0, 0.1) is 11.8 Å². The molecule has 1 saturated carbocycles. The molecule has 0 saturated heterocycles. The Kier molecular flexibility index (Phi) is 3.29. The van der Waals surface area contributed by atoms with Gasteiger partial charge in [-0.15, -0.1) is 0 Å². The minimum absolute atomic E-state index is 0.817. The van der Waals surface area contributed by atoms with E-state index in [1.54, 1.807) is 0 Å². The van der Waals surface area contributed by atoms with E-state index in [-0.39, 0.29) is 0 Å². The lowest BCUT2D eigenvalue weighted by Crippen LogP contribution is -2.01. The van der Waals surface area contributed by atoms with Crippen LogP contribution in [0.4, 0.5) is 0 Å². The first-order valence-corrected chi connectivity index (χ1v) is 5.69. The van der Waals surface area contributed by atoms with Gasteiger partial charge >= 0.3 is 0 Å². The molecule has 1 aliphatic carbocycles. The molecule has 0 aliphatic heterocycles. The molecule has 2 atom stereocenters. The summed E-state index contributed by atoms with van der Waals surface area (Å²) >= 11 is 2.17. The summed E-state index contributed by atoms with van der Waals surface area (Å²) in [6, 6.07) is 0. The second-order valence-electron chi connectivity index (χ2n) is 4.23. The van der Waals surface area contributed by atoms with Crippen LogP contribution >= 0.6 is 11.8 Å². The number of thioether (sulfide) groups is 1. The maximum atomic E-state index is 2.39. The fourth-order valence-corrected chi connectivity index (χ4v) is 3.49. The van der Waals surface area contributed by atoms with Crippen LogP contribution in [0.5, 0.6) is 0 Å². The Morgan fingerprint density at radius 2 is 1.55 bits per heavy atom. The first-order chi connectivity index (χ1) is 5.09. The van der Waals surface area contributed by atoms with E-state index in [1.807, 2.05) is 0 Å². The molecule has 0 aromatic rings. The first-order valence-electron chi connectivity index (χ1n) is 4.75. The van der Waals surface area contributed by atoms with Crippen molar-refractivity contribution in [1.29, 1.82) is 0 Å². The molecule has 0 nitrogen and oxygen atoms in total. The van der Waals surface area contributed by atoms with Crippen LogP contribution < -0.4 is 0 Å². The topological polar surface area (TPSA) is 0 Å². The van der Waals surface area contributed by atoms with Crippen LogP contribution in [0.1, 0.15) is 40.5 Å². The summed E-state index contributed by atoms with van der Waals surface area (Å²) in [5.74, 6) is 1.93. The van der Waals surface area contributed by atoms with Crippen molar-refractivity contribution in [2.45, 2.75) is 51.0 Å². The fraction of sp³-hybridized carbons (Fsp3) is 1.00. The van der Waals surface area contributed by atoms with Gasteiger partial charge in [-0.25, -0.2) is 0 Å². The summed E-state index contributed by atoms with van der Waals surface area (Å²) in [5.41, 5.74) is 0. The molecule has 0 bridgehead atoms. The van der Waals surface area contributed by atoms with E-state index >= 15 is 0 Å². The third kappa shape index (κ3) is 2.70. The highest BCUT2D eigenvalue weighted by atomic mass is 32.2. The molecule has 1 rings (SSSR count). The van der Waals surface area contributed by atoms with Gasteiger partial charge in [0.2, 0.25) is 0 Å². The Bertz CT molecular complexity index is 107. The molecule has 2 unspecified atom stereocenters. The highest BCUT2D eigenvalue weighted by molar-refractivity contribution is 8.00. The van der Waals surface area contributed by atoms with E-state index in [4.69, 9.17) is 0 Å². The zero-order valence-electron chi connectivity index (χ0n) is 8.13. The van der Waals surface area contributed by atoms with E-state index < -0.39 is 0 Å². The van der Waals surface area contributed by atoms with Crippen LogP contribution in [0.25, 0.3) is 0 Å².